The highest BCUT2D eigenvalue weighted by atomic mass is 32.2. The van der Waals surface area contributed by atoms with Crippen LogP contribution in [0.15, 0.2) is 12.7 Å². The van der Waals surface area contributed by atoms with E-state index >= 15 is 0 Å². The average molecular weight is 467 g/mol. The highest BCUT2D eigenvalue weighted by Gasteiger charge is 2.74. The molecule has 0 radical (unpaired) electrons. The second-order valence-electron chi connectivity index (χ2n) is 9.56. The fraction of sp³-hybridized carbons (Fsp3) is 0.792. The molecule has 3 saturated heterocycles. The van der Waals surface area contributed by atoms with Crippen LogP contribution >= 0.6 is 11.8 Å². The van der Waals surface area contributed by atoms with Gasteiger partial charge in [-0.1, -0.05) is 46.1 Å². The van der Waals surface area contributed by atoms with Gasteiger partial charge in [0.05, 0.1) is 29.2 Å². The normalized spacial score (nSPS) is 32.6. The molecule has 2 amide bonds. The zero-order chi connectivity index (χ0) is 23.6. The lowest BCUT2D eigenvalue weighted by molar-refractivity contribution is -0.150. The van der Waals surface area contributed by atoms with Crippen LogP contribution < -0.4 is 0 Å². The SMILES string of the molecule is C=CCN(CCCCC)C(=O)C1N([C@@H](CO)[C@@H](C)CC)C(=O)[C@@H]2[C@H](C(=O)O)[C@@H]3CCC12S3. The topological polar surface area (TPSA) is 98.2 Å². The second kappa shape index (κ2) is 10.2. The maximum Gasteiger partial charge on any atom is 0.308 e. The Morgan fingerprint density at radius 3 is 2.66 bits per heavy atom. The summed E-state index contributed by atoms with van der Waals surface area (Å²) in [6, 6.07) is -1.25. The van der Waals surface area contributed by atoms with E-state index in [1.165, 1.54) is 0 Å². The molecule has 0 aliphatic carbocycles. The van der Waals surface area contributed by atoms with Gasteiger partial charge in [-0.05, 0) is 25.2 Å². The first kappa shape index (κ1) is 25.1. The summed E-state index contributed by atoms with van der Waals surface area (Å²) in [5.41, 5.74) is 0. The lowest BCUT2D eigenvalue weighted by Crippen LogP contribution is -2.58. The number of fused-ring (bicyclic) bond motifs is 1. The molecule has 180 valence electrons. The van der Waals surface area contributed by atoms with Gasteiger partial charge < -0.3 is 20.0 Å². The number of likely N-dealkylation sites (tertiary alicyclic amines) is 1. The smallest absolute Gasteiger partial charge is 0.308 e. The van der Waals surface area contributed by atoms with E-state index in [4.69, 9.17) is 0 Å². The minimum absolute atomic E-state index is 0.00657. The first-order chi connectivity index (χ1) is 15.3. The molecule has 0 aromatic rings. The molecule has 7 nitrogen and oxygen atoms in total. The fourth-order valence-corrected chi connectivity index (χ4v) is 8.19. The Kier molecular flexibility index (Phi) is 7.97. The third-order valence-electron chi connectivity index (χ3n) is 7.80. The minimum Gasteiger partial charge on any atom is -0.481 e. The van der Waals surface area contributed by atoms with E-state index in [1.54, 1.807) is 27.6 Å². The first-order valence-corrected chi connectivity index (χ1v) is 12.9. The van der Waals surface area contributed by atoms with Gasteiger partial charge in [-0.2, -0.15) is 0 Å². The van der Waals surface area contributed by atoms with Crippen molar-refractivity contribution in [3.05, 3.63) is 12.7 Å². The van der Waals surface area contributed by atoms with Crippen LogP contribution in [0.25, 0.3) is 0 Å². The Hall–Kier alpha value is -1.54. The van der Waals surface area contributed by atoms with Crippen molar-refractivity contribution < 1.29 is 24.6 Å². The summed E-state index contributed by atoms with van der Waals surface area (Å²) in [6.45, 7) is 10.6. The largest absolute Gasteiger partial charge is 0.481 e. The van der Waals surface area contributed by atoms with Gasteiger partial charge in [-0.25, -0.2) is 0 Å². The standard InChI is InChI=1S/C24H38N2O5S/c1-5-8-9-13-25(12-6-2)22(29)20-24-11-10-17(32-24)18(23(30)31)19(24)21(28)26(20)16(14-27)15(4)7-3/h6,15-20,27H,2,5,7-14H2,1,3-4H3,(H,30,31)/t15-,16-,17-,18+,19-,20?,24?/m0/s1. The average Bonchev–Trinajstić information content (AvgIpc) is 3.41. The first-order valence-electron chi connectivity index (χ1n) is 12.0. The summed E-state index contributed by atoms with van der Waals surface area (Å²) in [7, 11) is 0. The van der Waals surface area contributed by atoms with Crippen LogP contribution in [0.2, 0.25) is 0 Å². The molecule has 2 N–H and O–H groups in total. The van der Waals surface area contributed by atoms with E-state index in [1.807, 2.05) is 13.8 Å². The van der Waals surface area contributed by atoms with E-state index in [9.17, 15) is 24.6 Å². The van der Waals surface area contributed by atoms with Gasteiger partial charge in [0.25, 0.3) is 0 Å². The second-order valence-corrected chi connectivity index (χ2v) is 11.2. The molecule has 32 heavy (non-hydrogen) atoms. The number of aliphatic hydroxyl groups is 1. The summed E-state index contributed by atoms with van der Waals surface area (Å²) in [5.74, 6) is -2.84. The van der Waals surface area contributed by atoms with Crippen LogP contribution in [0.4, 0.5) is 0 Å². The molecule has 1 spiro atoms. The fourth-order valence-electron chi connectivity index (χ4n) is 6.00. The summed E-state index contributed by atoms with van der Waals surface area (Å²) < 4.78 is -0.729. The predicted octanol–water partition coefficient (Wildman–Crippen LogP) is 2.77. The zero-order valence-corrected chi connectivity index (χ0v) is 20.4. The number of carbonyl (C=O) groups excluding carboxylic acids is 2. The van der Waals surface area contributed by atoms with E-state index in [-0.39, 0.29) is 29.6 Å². The Morgan fingerprint density at radius 1 is 1.38 bits per heavy atom. The number of aliphatic carboxylic acids is 1. The van der Waals surface area contributed by atoms with Crippen LogP contribution in [-0.4, -0.2) is 79.6 Å². The number of thioether (sulfide) groups is 1. The highest BCUT2D eigenvalue weighted by molar-refractivity contribution is 8.02. The van der Waals surface area contributed by atoms with Gasteiger partial charge in [0.2, 0.25) is 11.8 Å². The molecule has 3 fully saturated rings. The van der Waals surface area contributed by atoms with Crippen molar-refractivity contribution in [2.24, 2.45) is 17.8 Å². The molecule has 0 aromatic heterocycles. The summed E-state index contributed by atoms with van der Waals surface area (Å²) in [6.07, 6.45) is 6.73. The van der Waals surface area contributed by atoms with Crippen LogP contribution in [-0.2, 0) is 14.4 Å². The van der Waals surface area contributed by atoms with Crippen LogP contribution in [0.1, 0.15) is 59.3 Å². The Balaban J connectivity index is 2.05. The Labute approximate surface area is 195 Å². The Morgan fingerprint density at radius 2 is 2.09 bits per heavy atom. The van der Waals surface area contributed by atoms with Crippen molar-refractivity contribution in [1.82, 2.24) is 9.80 Å². The van der Waals surface area contributed by atoms with E-state index in [0.717, 1.165) is 25.7 Å². The molecule has 3 aliphatic heterocycles. The number of hydrogen-bond donors (Lipinski definition) is 2. The number of nitrogens with zero attached hydrogens (tertiary/aromatic N) is 2. The number of hydrogen-bond acceptors (Lipinski definition) is 5. The maximum absolute atomic E-state index is 14.1. The molecule has 7 atom stereocenters. The molecule has 2 bridgehead atoms. The lowest BCUT2D eigenvalue weighted by Gasteiger charge is -2.41. The molecule has 3 aliphatic rings. The molecule has 0 saturated carbocycles. The van der Waals surface area contributed by atoms with Crippen molar-refractivity contribution in [3.8, 4) is 0 Å². The van der Waals surface area contributed by atoms with Gasteiger partial charge in [0.15, 0.2) is 0 Å². The predicted molar refractivity (Wildman–Crippen MR) is 125 cm³/mol. The maximum atomic E-state index is 14.1. The van der Waals surface area contributed by atoms with Crippen LogP contribution in [0.5, 0.6) is 0 Å². The molecule has 3 rings (SSSR count). The summed E-state index contributed by atoms with van der Waals surface area (Å²) in [4.78, 5) is 43.4. The summed E-state index contributed by atoms with van der Waals surface area (Å²) >= 11 is 1.54. The lowest BCUT2D eigenvalue weighted by atomic mass is 9.71. The number of carboxylic acids is 1. The number of amides is 2. The Bertz CT molecular complexity index is 746. The van der Waals surface area contributed by atoms with Crippen LogP contribution in [0, 0.1) is 17.8 Å². The number of carboxylic acid groups (broad SMARTS) is 1. The number of carbonyl (C=O) groups is 3. The molecule has 2 unspecified atom stereocenters. The minimum atomic E-state index is -0.953. The molecule has 8 heteroatoms. The van der Waals surface area contributed by atoms with Gasteiger partial charge in [0, 0.05) is 18.3 Å². The number of rotatable bonds is 12. The van der Waals surface area contributed by atoms with Gasteiger partial charge in [-0.15, -0.1) is 18.3 Å². The van der Waals surface area contributed by atoms with Crippen molar-refractivity contribution in [2.45, 2.75) is 81.4 Å². The zero-order valence-electron chi connectivity index (χ0n) is 19.5. The highest BCUT2D eigenvalue weighted by Crippen LogP contribution is 2.66. The van der Waals surface area contributed by atoms with Crippen molar-refractivity contribution in [1.29, 1.82) is 0 Å². The van der Waals surface area contributed by atoms with Gasteiger partial charge >= 0.3 is 5.97 Å². The van der Waals surface area contributed by atoms with Crippen molar-refractivity contribution >= 4 is 29.5 Å². The molecular weight excluding hydrogens is 428 g/mol. The van der Waals surface area contributed by atoms with Gasteiger partial charge in [0.1, 0.15) is 6.04 Å². The monoisotopic (exact) mass is 466 g/mol. The van der Waals surface area contributed by atoms with Gasteiger partial charge in [-0.3, -0.25) is 14.4 Å². The van der Waals surface area contributed by atoms with Crippen LogP contribution in [0.3, 0.4) is 0 Å². The third-order valence-corrected chi connectivity index (χ3v) is 9.75. The third kappa shape index (κ3) is 3.98. The van der Waals surface area contributed by atoms with Crippen molar-refractivity contribution in [2.75, 3.05) is 19.7 Å². The molecule has 0 aromatic carbocycles. The van der Waals surface area contributed by atoms with Crippen molar-refractivity contribution in [3.63, 3.8) is 0 Å². The van der Waals surface area contributed by atoms with E-state index in [0.29, 0.717) is 25.9 Å². The number of unbranched alkanes of at least 4 members (excludes halogenated alkanes) is 2. The number of aliphatic hydroxyl groups excluding tert-OH is 1. The molecule has 3 heterocycles. The van der Waals surface area contributed by atoms with E-state index < -0.39 is 34.6 Å². The van der Waals surface area contributed by atoms with E-state index in [2.05, 4.69) is 13.5 Å². The molecular formula is C24H38N2O5S. The summed E-state index contributed by atoms with van der Waals surface area (Å²) in [5, 5.41) is 20.1. The quantitative estimate of drug-likeness (QED) is 0.339.